The molecule has 0 aromatic heterocycles. The highest BCUT2D eigenvalue weighted by Crippen LogP contribution is 2.31. The number of aliphatic hydroxyl groups is 1. The van der Waals surface area contributed by atoms with E-state index < -0.39 is 131 Å². The number of nitrogens with one attached hydrogen (secondary N) is 6. The number of urea groups is 1. The number of hydrogen-bond acceptors (Lipinski definition) is 16. The van der Waals surface area contributed by atoms with Crippen molar-refractivity contribution >= 4 is 65.3 Å². The van der Waals surface area contributed by atoms with Gasteiger partial charge in [-0.25, -0.2) is 19.2 Å². The van der Waals surface area contributed by atoms with Gasteiger partial charge in [-0.3, -0.25) is 33.7 Å². The number of rotatable bonds is 35. The highest BCUT2D eigenvalue weighted by Gasteiger charge is 2.46. The highest BCUT2D eigenvalue weighted by atomic mass is 16.6. The van der Waals surface area contributed by atoms with E-state index in [0.717, 1.165) is 4.90 Å². The van der Waals surface area contributed by atoms with Crippen LogP contribution >= 0.6 is 0 Å². The van der Waals surface area contributed by atoms with E-state index in [-0.39, 0.29) is 63.2 Å². The summed E-state index contributed by atoms with van der Waals surface area (Å²) < 4.78 is 28.2. The molecule has 514 valence electrons. The number of methoxy groups -OCH3 is 2. The van der Waals surface area contributed by atoms with Gasteiger partial charge in [-0.15, -0.1) is 0 Å². The van der Waals surface area contributed by atoms with Crippen LogP contribution in [0.2, 0.25) is 0 Å². The predicted octanol–water partition coefficient (Wildman–Crippen LogP) is 5.54. The number of likely N-dealkylation sites (tertiary alicyclic amines) is 1. The molecule has 1 unspecified atom stereocenters. The van der Waals surface area contributed by atoms with Crippen molar-refractivity contribution in [1.29, 1.82) is 0 Å². The molecule has 3 rings (SSSR count). The first kappa shape index (κ1) is 78.4. The Morgan fingerprint density at radius 1 is 0.772 bits per heavy atom. The molecule has 0 radical (unpaired) electrons. The van der Waals surface area contributed by atoms with Gasteiger partial charge in [-0.05, 0) is 93.4 Å². The fourth-order valence-electron chi connectivity index (χ4n) is 11.1. The van der Waals surface area contributed by atoms with E-state index in [0.29, 0.717) is 42.6 Å². The molecule has 2 aromatic carbocycles. The number of carbonyl (C=O) groups is 10. The van der Waals surface area contributed by atoms with E-state index in [1.807, 2.05) is 13.8 Å². The summed E-state index contributed by atoms with van der Waals surface area (Å²) in [5.41, 5.74) is 3.37. The number of likely N-dealkylation sites (N-methyl/N-ethyl adjacent to an activating group) is 2. The molecule has 1 aliphatic rings. The second kappa shape index (κ2) is 37.0. The van der Waals surface area contributed by atoms with E-state index in [2.05, 4.69) is 38.5 Å². The summed E-state index contributed by atoms with van der Waals surface area (Å²) in [6, 6.07) is 8.63. The number of carbonyl (C=O) groups excluding carboxylic acids is 10. The smallest absolute Gasteiger partial charge is 0.410 e. The van der Waals surface area contributed by atoms with Crippen LogP contribution in [-0.4, -0.2) is 187 Å². The van der Waals surface area contributed by atoms with Gasteiger partial charge >= 0.3 is 24.2 Å². The lowest BCUT2D eigenvalue weighted by Gasteiger charge is -2.41. The Balaban J connectivity index is 1.75. The molecule has 11 atom stereocenters. The summed E-state index contributed by atoms with van der Waals surface area (Å²) in [7, 11) is 5.92. The minimum absolute atomic E-state index is 0.0893. The molecule has 26 heteroatoms. The van der Waals surface area contributed by atoms with Gasteiger partial charge < -0.3 is 76.2 Å². The average Bonchev–Trinajstić information content (AvgIpc) is 1.60. The number of hydrogen-bond donors (Lipinski definition) is 8. The zero-order valence-electron chi connectivity index (χ0n) is 56.8. The van der Waals surface area contributed by atoms with Crippen molar-refractivity contribution in [2.45, 2.75) is 194 Å². The van der Waals surface area contributed by atoms with Crippen LogP contribution < -0.4 is 37.6 Å². The maximum Gasteiger partial charge on any atom is 0.410 e. The minimum atomic E-state index is -2.44. The lowest BCUT2D eigenvalue weighted by molar-refractivity contribution is -0.172. The van der Waals surface area contributed by atoms with Gasteiger partial charge in [-0.1, -0.05) is 124 Å². The third-order valence-corrected chi connectivity index (χ3v) is 16.2. The summed E-state index contributed by atoms with van der Waals surface area (Å²) >= 11 is 0. The third kappa shape index (κ3) is 23.7. The predicted molar refractivity (Wildman–Crippen MR) is 346 cm³/mol. The molecular formula is C66H104N10O16. The number of nitrogens with two attached hydrogens (primary N) is 1. The maximum atomic E-state index is 14.8. The van der Waals surface area contributed by atoms with Crippen LogP contribution in [0.3, 0.4) is 0 Å². The van der Waals surface area contributed by atoms with E-state index in [4.69, 9.17) is 29.4 Å². The molecule has 0 saturated carbocycles. The normalized spacial score (nSPS) is 16.8. The zero-order valence-corrected chi connectivity index (χ0v) is 56.8. The molecule has 26 nitrogen and oxygen atoms in total. The minimum Gasteiger partial charge on any atom is -0.458 e. The maximum absolute atomic E-state index is 14.8. The van der Waals surface area contributed by atoms with Crippen LogP contribution in [0.15, 0.2) is 67.3 Å². The summed E-state index contributed by atoms with van der Waals surface area (Å²) in [5.74, 6) is -6.88. The fraction of sp³-hybridized carbons (Fsp3) is 0.636. The van der Waals surface area contributed by atoms with Crippen molar-refractivity contribution in [1.82, 2.24) is 41.3 Å². The Kier molecular flexibility index (Phi) is 31.5. The van der Waals surface area contributed by atoms with Crippen molar-refractivity contribution in [3.63, 3.8) is 0 Å². The lowest BCUT2D eigenvalue weighted by Crippen LogP contribution is -2.60. The molecule has 1 heterocycles. The first-order valence-corrected chi connectivity index (χ1v) is 31.6. The van der Waals surface area contributed by atoms with E-state index in [1.165, 1.54) is 32.2 Å². The third-order valence-electron chi connectivity index (χ3n) is 16.2. The van der Waals surface area contributed by atoms with E-state index >= 15 is 0 Å². The van der Waals surface area contributed by atoms with Crippen molar-refractivity contribution in [3.05, 3.63) is 78.4 Å². The monoisotopic (exact) mass is 1290 g/mol. The van der Waals surface area contributed by atoms with Crippen molar-refractivity contribution < 1.29 is 76.7 Å². The summed E-state index contributed by atoms with van der Waals surface area (Å²) in [6.07, 6.45) is -0.461. The fourth-order valence-corrected chi connectivity index (χ4v) is 11.1. The Hall–Kier alpha value is -7.84. The number of nitrogens with zero attached hydrogens (tertiary/aromatic N) is 3. The number of amides is 10. The standard InChI is InChI=1S/C66H104N10O16/c1-18-35-90-61(83)66(87,37-44-25-21-20-22-26-44)73-56(78)43(10)55(89-17)48-28-24-34-76(48)50(77)36-49(88-16)54(42(9)19-2)74(14)60(82)52(40(5)6)71-59(81)53(41(7)8)75(15)64(86)91-38-45-29-31-46(32-30-45)69-57(79)47(27-23-33-68-62(67)84)70-58(80)51(39(3)4)72-63(85)92-65(11,12)13/h18,20-22,25-26,29-32,39-43,47-49,51-55,87H,1,19,23-24,27-28,33-38H2,2-17H3,(H,69,79)(H,70,80)(H,71,81)(H,72,85)(H,73,78)(H3,67,68,84)/t42-,43+,47-,48-,49+,51?,52-,53-,54-,55+,66-/m0/s1. The molecule has 92 heavy (non-hydrogen) atoms. The zero-order chi connectivity index (χ0) is 69.4. The van der Waals surface area contributed by atoms with Crippen LogP contribution in [0.5, 0.6) is 0 Å². The number of benzene rings is 2. The molecule has 1 aliphatic heterocycles. The molecule has 0 aliphatic carbocycles. The second-order valence-electron chi connectivity index (χ2n) is 25.6. The van der Waals surface area contributed by atoms with E-state index in [1.54, 1.807) is 136 Å². The molecule has 0 bridgehead atoms. The van der Waals surface area contributed by atoms with Gasteiger partial charge in [-0.2, -0.15) is 0 Å². The number of alkyl carbamates (subject to hydrolysis) is 1. The van der Waals surface area contributed by atoms with Gasteiger partial charge in [0, 0.05) is 53.5 Å². The SMILES string of the molecule is C=CCOC(=O)[C@@](O)(Cc1ccccc1)NC(=O)[C@H](C)[C@@H](OC)[C@@H]1CCCN1C(=O)C[C@@H](OC)[C@H]([C@@H](C)CC)N(C)C(=O)[C@@H](NC(=O)[C@H](C(C)C)N(C)C(=O)OCc1ccc(NC(=O)[C@H](CCCNC(N)=O)NC(=O)C(NC(=O)OC(C)(C)C)C(C)C)cc1)C(C)C. The number of anilines is 1. The molecule has 9 N–H and O–H groups in total. The summed E-state index contributed by atoms with van der Waals surface area (Å²) in [5, 5.41) is 27.6. The van der Waals surface area contributed by atoms with Crippen LogP contribution in [0.1, 0.15) is 133 Å². The number of esters is 1. The van der Waals surface area contributed by atoms with Gasteiger partial charge in [0.15, 0.2) is 0 Å². The Morgan fingerprint density at radius 2 is 1.40 bits per heavy atom. The van der Waals surface area contributed by atoms with Crippen molar-refractivity contribution in [2.75, 3.05) is 53.3 Å². The number of ether oxygens (including phenoxy) is 5. The average molecular weight is 1290 g/mol. The van der Waals surface area contributed by atoms with Crippen LogP contribution in [0, 0.1) is 29.6 Å². The summed E-state index contributed by atoms with van der Waals surface area (Å²) in [4.78, 5) is 140. The molecule has 1 saturated heterocycles. The van der Waals surface area contributed by atoms with Crippen molar-refractivity contribution in [2.24, 2.45) is 35.3 Å². The van der Waals surface area contributed by atoms with Crippen molar-refractivity contribution in [3.8, 4) is 0 Å². The highest BCUT2D eigenvalue weighted by molar-refractivity contribution is 5.98. The number of primary amides is 1. The topological polar surface area (TPSA) is 345 Å². The second-order valence-corrected chi connectivity index (χ2v) is 25.6. The van der Waals surface area contributed by atoms with Gasteiger partial charge in [0.25, 0.3) is 0 Å². The Labute approximate surface area is 542 Å². The van der Waals surface area contributed by atoms with Crippen LogP contribution in [-0.2, 0) is 70.3 Å². The molecular weight excluding hydrogens is 1190 g/mol. The molecule has 2 aromatic rings. The molecule has 1 fully saturated rings. The quantitative estimate of drug-likeness (QED) is 0.0138. The molecule has 0 spiro atoms. The van der Waals surface area contributed by atoms with Crippen LogP contribution in [0.25, 0.3) is 0 Å². The molecule has 10 amide bonds. The first-order valence-electron chi connectivity index (χ1n) is 31.6. The first-order chi connectivity index (χ1) is 43.1. The largest absolute Gasteiger partial charge is 0.458 e. The van der Waals surface area contributed by atoms with E-state index in [9.17, 15) is 53.1 Å². The van der Waals surface area contributed by atoms with Crippen LogP contribution in [0.4, 0.5) is 20.1 Å². The Morgan fingerprint density at radius 3 is 1.95 bits per heavy atom. The van der Waals surface area contributed by atoms with Gasteiger partial charge in [0.05, 0.1) is 36.6 Å². The summed E-state index contributed by atoms with van der Waals surface area (Å²) in [6.45, 7) is 24.7. The van der Waals surface area contributed by atoms with Gasteiger partial charge in [0.1, 0.15) is 43.0 Å². The Bertz CT molecular complexity index is 2780. The van der Waals surface area contributed by atoms with Gasteiger partial charge in [0.2, 0.25) is 41.2 Å². The lowest BCUT2D eigenvalue weighted by atomic mass is 9.89.